The van der Waals surface area contributed by atoms with Gasteiger partial charge in [-0.05, 0) is 42.8 Å². The lowest BCUT2D eigenvalue weighted by Gasteiger charge is -2.31. The standard InChI is InChI=1S/C15H16ClNO3/c1-15(9-18,10-5-13(19)8-14(20)6-10)17-12-4-2-3-11(16)7-12/h2-8,17-20H,9H2,1H3. The van der Waals surface area contributed by atoms with Crippen LogP contribution in [0.4, 0.5) is 5.69 Å². The van der Waals surface area contributed by atoms with Crippen molar-refractivity contribution in [3.8, 4) is 11.5 Å². The van der Waals surface area contributed by atoms with Gasteiger partial charge < -0.3 is 20.6 Å². The van der Waals surface area contributed by atoms with Crippen LogP contribution in [0.15, 0.2) is 42.5 Å². The molecule has 2 aromatic rings. The van der Waals surface area contributed by atoms with Gasteiger partial charge in [0.25, 0.3) is 0 Å². The van der Waals surface area contributed by atoms with Crippen LogP contribution in [0.1, 0.15) is 12.5 Å². The number of aromatic hydroxyl groups is 2. The van der Waals surface area contributed by atoms with E-state index in [2.05, 4.69) is 5.32 Å². The van der Waals surface area contributed by atoms with Crippen LogP contribution in [0.2, 0.25) is 5.02 Å². The molecular weight excluding hydrogens is 278 g/mol. The maximum atomic E-state index is 9.69. The summed E-state index contributed by atoms with van der Waals surface area (Å²) in [5, 5.41) is 32.6. The van der Waals surface area contributed by atoms with E-state index in [9.17, 15) is 15.3 Å². The average molecular weight is 294 g/mol. The Morgan fingerprint density at radius 2 is 1.75 bits per heavy atom. The number of phenolic OH excluding ortho intramolecular Hbond substituents is 2. The Kier molecular flexibility index (Phi) is 4.06. The van der Waals surface area contributed by atoms with E-state index in [1.165, 1.54) is 18.2 Å². The van der Waals surface area contributed by atoms with Gasteiger partial charge in [0.15, 0.2) is 0 Å². The predicted molar refractivity (Wildman–Crippen MR) is 79.3 cm³/mol. The number of aliphatic hydroxyl groups is 1. The van der Waals surface area contributed by atoms with Gasteiger partial charge in [-0.15, -0.1) is 0 Å². The van der Waals surface area contributed by atoms with Crippen molar-refractivity contribution in [3.63, 3.8) is 0 Å². The van der Waals surface area contributed by atoms with Gasteiger partial charge in [0, 0.05) is 16.8 Å². The molecule has 0 aliphatic rings. The van der Waals surface area contributed by atoms with E-state index in [1.54, 1.807) is 25.1 Å². The molecule has 0 fully saturated rings. The lowest BCUT2D eigenvalue weighted by Crippen LogP contribution is -2.35. The van der Waals surface area contributed by atoms with Gasteiger partial charge in [-0.3, -0.25) is 0 Å². The van der Waals surface area contributed by atoms with Crippen LogP contribution in [-0.4, -0.2) is 21.9 Å². The second-order valence-corrected chi connectivity index (χ2v) is 5.30. The van der Waals surface area contributed by atoms with E-state index >= 15 is 0 Å². The first-order chi connectivity index (χ1) is 9.43. The Morgan fingerprint density at radius 3 is 2.30 bits per heavy atom. The van der Waals surface area contributed by atoms with Crippen LogP contribution in [0.5, 0.6) is 11.5 Å². The number of nitrogens with one attached hydrogen (secondary N) is 1. The molecule has 0 aliphatic carbocycles. The number of rotatable bonds is 4. The number of aliphatic hydroxyl groups excluding tert-OH is 1. The summed E-state index contributed by atoms with van der Waals surface area (Å²) in [4.78, 5) is 0. The van der Waals surface area contributed by atoms with E-state index in [-0.39, 0.29) is 18.1 Å². The Morgan fingerprint density at radius 1 is 1.10 bits per heavy atom. The second kappa shape index (κ2) is 5.61. The summed E-state index contributed by atoms with van der Waals surface area (Å²) in [6, 6.07) is 11.3. The van der Waals surface area contributed by atoms with E-state index in [0.717, 1.165) is 5.69 Å². The molecule has 4 N–H and O–H groups in total. The van der Waals surface area contributed by atoms with Crippen molar-refractivity contribution in [2.24, 2.45) is 0 Å². The van der Waals surface area contributed by atoms with Crippen molar-refractivity contribution in [2.75, 3.05) is 11.9 Å². The number of halogens is 1. The molecule has 0 radical (unpaired) electrons. The smallest absolute Gasteiger partial charge is 0.119 e. The molecule has 0 spiro atoms. The fraction of sp³-hybridized carbons (Fsp3) is 0.200. The highest BCUT2D eigenvalue weighted by Gasteiger charge is 2.26. The zero-order valence-corrected chi connectivity index (χ0v) is 11.7. The Balaban J connectivity index is 2.37. The fourth-order valence-electron chi connectivity index (χ4n) is 2.00. The van der Waals surface area contributed by atoms with Gasteiger partial charge in [-0.1, -0.05) is 17.7 Å². The summed E-state index contributed by atoms with van der Waals surface area (Å²) in [5.74, 6) is -0.125. The zero-order chi connectivity index (χ0) is 14.8. The highest BCUT2D eigenvalue weighted by Crippen LogP contribution is 2.31. The maximum Gasteiger partial charge on any atom is 0.119 e. The number of hydrogen-bond acceptors (Lipinski definition) is 4. The molecular formula is C15H16ClNO3. The molecule has 0 bridgehead atoms. The van der Waals surface area contributed by atoms with Gasteiger partial charge >= 0.3 is 0 Å². The lowest BCUT2D eigenvalue weighted by atomic mass is 9.92. The van der Waals surface area contributed by atoms with Crippen LogP contribution in [0, 0.1) is 0 Å². The molecule has 5 heteroatoms. The highest BCUT2D eigenvalue weighted by molar-refractivity contribution is 6.30. The van der Waals surface area contributed by atoms with Crippen molar-refractivity contribution in [1.29, 1.82) is 0 Å². The SMILES string of the molecule is CC(CO)(Nc1cccc(Cl)c1)c1cc(O)cc(O)c1. The molecule has 1 atom stereocenters. The van der Waals surface area contributed by atoms with Crippen LogP contribution >= 0.6 is 11.6 Å². The van der Waals surface area contributed by atoms with Crippen molar-refractivity contribution < 1.29 is 15.3 Å². The topological polar surface area (TPSA) is 72.7 Å². The molecule has 0 saturated heterocycles. The van der Waals surface area contributed by atoms with Crippen molar-refractivity contribution in [1.82, 2.24) is 0 Å². The van der Waals surface area contributed by atoms with Crippen molar-refractivity contribution in [2.45, 2.75) is 12.5 Å². The average Bonchev–Trinajstić information content (AvgIpc) is 2.37. The monoisotopic (exact) mass is 293 g/mol. The maximum absolute atomic E-state index is 9.69. The van der Waals surface area contributed by atoms with E-state index < -0.39 is 5.54 Å². The van der Waals surface area contributed by atoms with Crippen LogP contribution in [0.3, 0.4) is 0 Å². The van der Waals surface area contributed by atoms with Crippen molar-refractivity contribution in [3.05, 3.63) is 53.1 Å². The number of hydrogen-bond donors (Lipinski definition) is 4. The van der Waals surface area contributed by atoms with Crippen LogP contribution in [-0.2, 0) is 5.54 Å². The quantitative estimate of drug-likeness (QED) is 0.699. The third kappa shape index (κ3) is 3.15. The summed E-state index contributed by atoms with van der Waals surface area (Å²) >= 11 is 5.93. The first kappa shape index (κ1) is 14.5. The number of phenols is 2. The van der Waals surface area contributed by atoms with E-state index in [0.29, 0.717) is 10.6 Å². The Hall–Kier alpha value is -1.91. The molecule has 0 amide bonds. The van der Waals surface area contributed by atoms with Crippen LogP contribution in [0.25, 0.3) is 0 Å². The molecule has 4 nitrogen and oxygen atoms in total. The fourth-order valence-corrected chi connectivity index (χ4v) is 2.19. The summed E-state index contributed by atoms with van der Waals surface area (Å²) in [6.45, 7) is 1.55. The third-order valence-corrected chi connectivity index (χ3v) is 3.34. The van der Waals surface area contributed by atoms with E-state index in [1.807, 2.05) is 6.07 Å². The summed E-state index contributed by atoms with van der Waals surface area (Å²) in [7, 11) is 0. The van der Waals surface area contributed by atoms with Crippen LogP contribution < -0.4 is 5.32 Å². The van der Waals surface area contributed by atoms with Crippen molar-refractivity contribution >= 4 is 17.3 Å². The minimum absolute atomic E-state index is 0.0624. The molecule has 106 valence electrons. The van der Waals surface area contributed by atoms with Gasteiger partial charge in [-0.25, -0.2) is 0 Å². The molecule has 1 unspecified atom stereocenters. The number of benzene rings is 2. The molecule has 2 rings (SSSR count). The predicted octanol–water partition coefficient (Wildman–Crippen LogP) is 3.07. The molecule has 0 aliphatic heterocycles. The van der Waals surface area contributed by atoms with Gasteiger partial charge in [-0.2, -0.15) is 0 Å². The molecule has 0 aromatic heterocycles. The molecule has 0 heterocycles. The summed E-state index contributed by atoms with van der Waals surface area (Å²) < 4.78 is 0. The van der Waals surface area contributed by atoms with E-state index in [4.69, 9.17) is 11.6 Å². The summed E-state index contributed by atoms with van der Waals surface area (Å²) in [6.07, 6.45) is 0. The minimum atomic E-state index is -0.860. The van der Waals surface area contributed by atoms with Gasteiger partial charge in [0.05, 0.1) is 12.1 Å². The molecule has 2 aromatic carbocycles. The Labute approximate surface area is 122 Å². The van der Waals surface area contributed by atoms with Gasteiger partial charge in [0.1, 0.15) is 11.5 Å². The third-order valence-electron chi connectivity index (χ3n) is 3.10. The summed E-state index contributed by atoms with van der Waals surface area (Å²) in [5.41, 5.74) is 0.440. The number of anilines is 1. The Bertz CT molecular complexity index is 598. The highest BCUT2D eigenvalue weighted by atomic mass is 35.5. The minimum Gasteiger partial charge on any atom is -0.508 e. The first-order valence-corrected chi connectivity index (χ1v) is 6.49. The molecule has 0 saturated carbocycles. The second-order valence-electron chi connectivity index (χ2n) is 4.86. The lowest BCUT2D eigenvalue weighted by molar-refractivity contribution is 0.223. The first-order valence-electron chi connectivity index (χ1n) is 6.11. The molecule has 20 heavy (non-hydrogen) atoms. The largest absolute Gasteiger partial charge is 0.508 e. The van der Waals surface area contributed by atoms with Gasteiger partial charge in [0.2, 0.25) is 0 Å². The zero-order valence-electron chi connectivity index (χ0n) is 11.0. The normalized spacial score (nSPS) is 13.8.